The maximum absolute atomic E-state index is 10.5. The van der Waals surface area contributed by atoms with Gasteiger partial charge in [0.1, 0.15) is 5.82 Å². The number of nitrogens with one attached hydrogen (secondary N) is 1. The van der Waals surface area contributed by atoms with Crippen molar-refractivity contribution in [3.63, 3.8) is 0 Å². The third-order valence-corrected chi connectivity index (χ3v) is 4.36. The van der Waals surface area contributed by atoms with Gasteiger partial charge in [0, 0.05) is 37.9 Å². The summed E-state index contributed by atoms with van der Waals surface area (Å²) in [5, 5.41) is 12.1. The average molecular weight is 337 g/mol. The number of aliphatic carboxylic acids is 1. The molecule has 130 valence electrons. The van der Waals surface area contributed by atoms with Crippen molar-refractivity contribution in [2.24, 2.45) is 0 Å². The van der Waals surface area contributed by atoms with Crippen LogP contribution >= 0.6 is 0 Å². The minimum absolute atomic E-state index is 0.387. The Morgan fingerprint density at radius 2 is 2.12 bits per heavy atom. The van der Waals surface area contributed by atoms with Gasteiger partial charge in [-0.1, -0.05) is 29.8 Å². The third-order valence-electron chi connectivity index (χ3n) is 4.36. The van der Waals surface area contributed by atoms with Crippen LogP contribution in [0.2, 0.25) is 0 Å². The van der Waals surface area contributed by atoms with Crippen molar-refractivity contribution in [2.75, 3.05) is 18.4 Å². The van der Waals surface area contributed by atoms with Gasteiger partial charge >= 0.3 is 5.97 Å². The first kappa shape index (κ1) is 17.2. The zero-order valence-corrected chi connectivity index (χ0v) is 14.4. The van der Waals surface area contributed by atoms with E-state index in [-0.39, 0.29) is 0 Å². The molecule has 5 nitrogen and oxygen atoms in total. The van der Waals surface area contributed by atoms with E-state index in [1.165, 1.54) is 17.2 Å². The number of benzene rings is 1. The topological polar surface area (TPSA) is 65.5 Å². The standard InChI is InChI=1S/C20H23N3O2/c1-15-2-4-17(5-3-15)13-23-11-10-18(14-23)22-19-8-6-16(12-21-19)7-9-20(24)25/h2-9,12,18H,10-11,13-14H2,1H3,(H,21,22)(H,24,25)/b9-7+/t18-/m1/s1. The van der Waals surface area contributed by atoms with Crippen LogP contribution in [-0.4, -0.2) is 40.1 Å². The molecule has 0 aliphatic carbocycles. The normalized spacial score (nSPS) is 17.9. The molecule has 1 saturated heterocycles. The largest absolute Gasteiger partial charge is 0.478 e. The van der Waals surface area contributed by atoms with E-state index in [4.69, 9.17) is 5.11 Å². The number of carboxylic acid groups (broad SMARTS) is 1. The van der Waals surface area contributed by atoms with Gasteiger partial charge in [-0.05, 0) is 42.7 Å². The summed E-state index contributed by atoms with van der Waals surface area (Å²) in [6, 6.07) is 12.9. The quantitative estimate of drug-likeness (QED) is 0.793. The minimum Gasteiger partial charge on any atom is -0.478 e. The van der Waals surface area contributed by atoms with Crippen LogP contribution in [0, 0.1) is 6.92 Å². The number of likely N-dealkylation sites (tertiary alicyclic amines) is 1. The zero-order chi connectivity index (χ0) is 17.6. The fourth-order valence-corrected chi connectivity index (χ4v) is 3.01. The maximum atomic E-state index is 10.5. The lowest BCUT2D eigenvalue weighted by Gasteiger charge is -2.17. The summed E-state index contributed by atoms with van der Waals surface area (Å²) in [5.41, 5.74) is 3.41. The maximum Gasteiger partial charge on any atom is 0.328 e. The van der Waals surface area contributed by atoms with Crippen LogP contribution in [0.4, 0.5) is 5.82 Å². The van der Waals surface area contributed by atoms with Crippen LogP contribution in [0.15, 0.2) is 48.7 Å². The van der Waals surface area contributed by atoms with E-state index in [0.29, 0.717) is 6.04 Å². The van der Waals surface area contributed by atoms with Gasteiger partial charge in [0.2, 0.25) is 0 Å². The Labute approximate surface area is 148 Å². The monoisotopic (exact) mass is 337 g/mol. The van der Waals surface area contributed by atoms with Crippen molar-refractivity contribution >= 4 is 17.9 Å². The summed E-state index contributed by atoms with van der Waals surface area (Å²) < 4.78 is 0. The number of rotatable bonds is 6. The van der Waals surface area contributed by atoms with E-state index in [0.717, 1.165) is 43.5 Å². The van der Waals surface area contributed by atoms with Gasteiger partial charge < -0.3 is 10.4 Å². The van der Waals surface area contributed by atoms with E-state index in [2.05, 4.69) is 46.4 Å². The molecular weight excluding hydrogens is 314 g/mol. The molecule has 0 amide bonds. The highest BCUT2D eigenvalue weighted by molar-refractivity contribution is 5.85. The van der Waals surface area contributed by atoms with Gasteiger partial charge in [-0.15, -0.1) is 0 Å². The van der Waals surface area contributed by atoms with Crippen LogP contribution in [0.1, 0.15) is 23.1 Å². The summed E-state index contributed by atoms with van der Waals surface area (Å²) in [7, 11) is 0. The summed E-state index contributed by atoms with van der Waals surface area (Å²) in [5.74, 6) is -0.128. The first-order valence-corrected chi connectivity index (χ1v) is 8.50. The van der Waals surface area contributed by atoms with Gasteiger partial charge in [-0.2, -0.15) is 0 Å². The van der Waals surface area contributed by atoms with Gasteiger partial charge in [0.05, 0.1) is 0 Å². The number of carbonyl (C=O) groups is 1. The Bertz CT molecular complexity index is 739. The van der Waals surface area contributed by atoms with Gasteiger partial charge in [-0.25, -0.2) is 9.78 Å². The van der Waals surface area contributed by atoms with E-state index >= 15 is 0 Å². The van der Waals surface area contributed by atoms with Crippen LogP contribution in [0.25, 0.3) is 6.08 Å². The second kappa shape index (κ2) is 7.94. The van der Waals surface area contributed by atoms with E-state index in [9.17, 15) is 4.79 Å². The van der Waals surface area contributed by atoms with Crippen LogP contribution in [0.5, 0.6) is 0 Å². The number of aryl methyl sites for hydroxylation is 1. The number of hydrogen-bond donors (Lipinski definition) is 2. The number of nitrogens with zero attached hydrogens (tertiary/aromatic N) is 2. The lowest BCUT2D eigenvalue weighted by atomic mass is 10.1. The number of pyridine rings is 1. The van der Waals surface area contributed by atoms with Gasteiger partial charge in [0.25, 0.3) is 0 Å². The highest BCUT2D eigenvalue weighted by Gasteiger charge is 2.22. The Morgan fingerprint density at radius 3 is 2.80 bits per heavy atom. The molecule has 2 heterocycles. The molecule has 1 aliphatic rings. The number of anilines is 1. The second-order valence-electron chi connectivity index (χ2n) is 6.50. The van der Waals surface area contributed by atoms with E-state index in [1.807, 2.05) is 12.1 Å². The third kappa shape index (κ3) is 5.16. The summed E-state index contributed by atoms with van der Waals surface area (Å²) in [6.45, 7) is 5.15. The molecule has 2 N–H and O–H groups in total. The van der Waals surface area contributed by atoms with E-state index in [1.54, 1.807) is 6.20 Å². The molecule has 0 radical (unpaired) electrons. The summed E-state index contributed by atoms with van der Waals surface area (Å²) >= 11 is 0. The smallest absolute Gasteiger partial charge is 0.328 e. The van der Waals surface area contributed by atoms with Crippen LogP contribution in [0.3, 0.4) is 0 Å². The van der Waals surface area contributed by atoms with Crippen molar-refractivity contribution in [1.29, 1.82) is 0 Å². The first-order chi connectivity index (χ1) is 12.1. The Kier molecular flexibility index (Phi) is 5.46. The Balaban J connectivity index is 1.51. The van der Waals surface area contributed by atoms with Crippen molar-refractivity contribution < 1.29 is 9.90 Å². The molecule has 2 aromatic rings. The molecular formula is C20H23N3O2. The van der Waals surface area contributed by atoms with Crippen molar-refractivity contribution in [2.45, 2.75) is 25.9 Å². The molecule has 0 unspecified atom stereocenters. The SMILES string of the molecule is Cc1ccc(CN2CC[C@@H](Nc3ccc(/C=C/C(=O)O)cn3)C2)cc1. The molecule has 0 spiro atoms. The lowest BCUT2D eigenvalue weighted by Crippen LogP contribution is -2.26. The predicted octanol–water partition coefficient (Wildman–Crippen LogP) is 3.17. The Morgan fingerprint density at radius 1 is 1.32 bits per heavy atom. The van der Waals surface area contributed by atoms with Crippen LogP contribution in [-0.2, 0) is 11.3 Å². The first-order valence-electron chi connectivity index (χ1n) is 8.50. The molecule has 1 aromatic heterocycles. The minimum atomic E-state index is -0.957. The molecule has 0 saturated carbocycles. The molecule has 1 fully saturated rings. The highest BCUT2D eigenvalue weighted by atomic mass is 16.4. The second-order valence-corrected chi connectivity index (χ2v) is 6.50. The summed E-state index contributed by atoms with van der Waals surface area (Å²) in [4.78, 5) is 17.3. The summed E-state index contributed by atoms with van der Waals surface area (Å²) in [6.07, 6.45) is 5.43. The molecule has 1 aromatic carbocycles. The molecule has 3 rings (SSSR count). The van der Waals surface area contributed by atoms with E-state index < -0.39 is 5.97 Å². The predicted molar refractivity (Wildman–Crippen MR) is 99.4 cm³/mol. The molecule has 1 atom stereocenters. The molecule has 25 heavy (non-hydrogen) atoms. The number of aromatic nitrogens is 1. The van der Waals surface area contributed by atoms with Crippen molar-refractivity contribution in [1.82, 2.24) is 9.88 Å². The van der Waals surface area contributed by atoms with Crippen molar-refractivity contribution in [3.05, 3.63) is 65.4 Å². The van der Waals surface area contributed by atoms with Gasteiger partial charge in [-0.3, -0.25) is 4.90 Å². The molecule has 1 aliphatic heterocycles. The Hall–Kier alpha value is -2.66. The van der Waals surface area contributed by atoms with Gasteiger partial charge in [0.15, 0.2) is 0 Å². The fraction of sp³-hybridized carbons (Fsp3) is 0.300. The lowest BCUT2D eigenvalue weighted by molar-refractivity contribution is -0.131. The average Bonchev–Trinajstić information content (AvgIpc) is 3.03. The molecule has 5 heteroatoms. The number of carboxylic acids is 1. The van der Waals surface area contributed by atoms with Crippen molar-refractivity contribution in [3.8, 4) is 0 Å². The highest BCUT2D eigenvalue weighted by Crippen LogP contribution is 2.17. The number of hydrogen-bond acceptors (Lipinski definition) is 4. The fourth-order valence-electron chi connectivity index (χ4n) is 3.01. The molecule has 0 bridgehead atoms. The van der Waals surface area contributed by atoms with Crippen LogP contribution < -0.4 is 5.32 Å². The zero-order valence-electron chi connectivity index (χ0n) is 14.4.